The van der Waals surface area contributed by atoms with Crippen molar-refractivity contribution in [2.75, 3.05) is 31.5 Å². The number of aliphatic imine (C=N–C) groups is 2. The Morgan fingerprint density at radius 1 is 1.16 bits per heavy atom. The number of hydrogen-bond acceptors (Lipinski definition) is 8. The summed E-state index contributed by atoms with van der Waals surface area (Å²) in [5.74, 6) is 1.19. The second-order valence-electron chi connectivity index (χ2n) is 8.18. The summed E-state index contributed by atoms with van der Waals surface area (Å²) in [4.78, 5) is 47.4. The second kappa shape index (κ2) is 8.24. The van der Waals surface area contributed by atoms with Gasteiger partial charge in [-0.1, -0.05) is 13.8 Å². The highest BCUT2D eigenvalue weighted by Crippen LogP contribution is 2.24. The lowest BCUT2D eigenvalue weighted by Crippen LogP contribution is -2.65. The van der Waals surface area contributed by atoms with Crippen LogP contribution in [0.3, 0.4) is 0 Å². The maximum absolute atomic E-state index is 12.7. The van der Waals surface area contributed by atoms with Crippen LogP contribution in [0.15, 0.2) is 21.1 Å². The highest BCUT2D eigenvalue weighted by Gasteiger charge is 2.44. The molecular formula is C20H28N10O2. The van der Waals surface area contributed by atoms with Gasteiger partial charge in [0.2, 0.25) is 0 Å². The van der Waals surface area contributed by atoms with E-state index in [9.17, 15) is 9.59 Å². The van der Waals surface area contributed by atoms with Crippen molar-refractivity contribution < 1.29 is 4.79 Å². The lowest BCUT2D eigenvalue weighted by atomic mass is 10.1. The molecule has 2 aromatic rings. The van der Waals surface area contributed by atoms with Crippen LogP contribution < -0.4 is 16.3 Å². The number of amides is 2. The minimum atomic E-state index is -0.299. The zero-order valence-electron chi connectivity index (χ0n) is 18.4. The highest BCUT2D eigenvalue weighted by molar-refractivity contribution is 6.05. The zero-order chi connectivity index (χ0) is 22.2. The van der Waals surface area contributed by atoms with Gasteiger partial charge in [-0.3, -0.25) is 19.8 Å². The Labute approximate surface area is 185 Å². The number of aryl methyl sites for hydroxylation is 1. The number of urea groups is 1. The first-order valence-corrected chi connectivity index (χ1v) is 11.2. The summed E-state index contributed by atoms with van der Waals surface area (Å²) in [6, 6.07) is -0.299. The van der Waals surface area contributed by atoms with E-state index in [1.54, 1.807) is 22.1 Å². The van der Waals surface area contributed by atoms with Crippen molar-refractivity contribution in [2.45, 2.75) is 52.0 Å². The molecule has 0 spiro atoms. The van der Waals surface area contributed by atoms with E-state index < -0.39 is 0 Å². The summed E-state index contributed by atoms with van der Waals surface area (Å²) < 4.78 is 3.59. The largest absolute Gasteiger partial charge is 0.366 e. The van der Waals surface area contributed by atoms with Gasteiger partial charge < -0.3 is 14.8 Å². The molecule has 2 amide bonds. The number of nitrogens with zero attached hydrogens (tertiary/aromatic N) is 8. The van der Waals surface area contributed by atoms with Gasteiger partial charge >= 0.3 is 11.7 Å². The highest BCUT2D eigenvalue weighted by atomic mass is 16.2. The van der Waals surface area contributed by atoms with Gasteiger partial charge in [-0.05, 0) is 12.8 Å². The van der Waals surface area contributed by atoms with E-state index in [2.05, 4.69) is 30.5 Å². The average molecular weight is 441 g/mol. The van der Waals surface area contributed by atoms with Gasteiger partial charge in [0, 0.05) is 32.7 Å². The molecule has 170 valence electrons. The van der Waals surface area contributed by atoms with Gasteiger partial charge in [-0.15, -0.1) is 0 Å². The van der Waals surface area contributed by atoms with E-state index in [4.69, 9.17) is 4.99 Å². The van der Waals surface area contributed by atoms with Crippen LogP contribution in [0, 0.1) is 0 Å². The van der Waals surface area contributed by atoms with Crippen LogP contribution >= 0.6 is 0 Å². The summed E-state index contributed by atoms with van der Waals surface area (Å²) >= 11 is 0. The maximum atomic E-state index is 12.7. The molecule has 0 saturated carbocycles. The smallest absolute Gasteiger partial charge is 0.351 e. The molecule has 5 rings (SSSR count). The Bertz CT molecular complexity index is 1150. The van der Waals surface area contributed by atoms with Crippen molar-refractivity contribution in [1.82, 2.24) is 34.2 Å². The number of amidine groups is 1. The van der Waals surface area contributed by atoms with Crippen LogP contribution in [0.5, 0.6) is 0 Å². The number of carbonyl (C=O) groups excluding carboxylic acids is 1. The molecule has 2 aromatic heterocycles. The fraction of sp³-hybridized carbons (Fsp3) is 0.600. The number of carbonyl (C=O) groups is 1. The Balaban J connectivity index is 1.52. The lowest BCUT2D eigenvalue weighted by Gasteiger charge is -2.40. The Morgan fingerprint density at radius 3 is 2.81 bits per heavy atom. The molecule has 5 heterocycles. The Kier molecular flexibility index (Phi) is 5.27. The van der Waals surface area contributed by atoms with Gasteiger partial charge in [0.15, 0.2) is 17.6 Å². The number of imidazole rings is 1. The first-order chi connectivity index (χ1) is 15.6. The van der Waals surface area contributed by atoms with Gasteiger partial charge in [-0.2, -0.15) is 4.98 Å². The third-order valence-corrected chi connectivity index (χ3v) is 6.04. The average Bonchev–Trinajstić information content (AvgIpc) is 3.37. The normalized spacial score (nSPS) is 22.7. The van der Waals surface area contributed by atoms with E-state index in [1.165, 1.54) is 0 Å². The van der Waals surface area contributed by atoms with E-state index >= 15 is 0 Å². The van der Waals surface area contributed by atoms with Crippen LogP contribution in [-0.2, 0) is 13.1 Å². The molecule has 0 aromatic carbocycles. The van der Waals surface area contributed by atoms with Crippen molar-refractivity contribution in [3.63, 3.8) is 0 Å². The Morgan fingerprint density at radius 2 is 2.00 bits per heavy atom. The maximum Gasteiger partial charge on any atom is 0.351 e. The number of nitrogens with one attached hydrogen (secondary N) is 2. The summed E-state index contributed by atoms with van der Waals surface area (Å²) in [5.41, 5.74) is 1.12. The van der Waals surface area contributed by atoms with Crippen LogP contribution in [0.1, 0.15) is 26.7 Å². The van der Waals surface area contributed by atoms with E-state index in [0.717, 1.165) is 18.4 Å². The van der Waals surface area contributed by atoms with Crippen molar-refractivity contribution in [2.24, 2.45) is 9.98 Å². The monoisotopic (exact) mass is 440 g/mol. The molecular weight excluding hydrogens is 412 g/mol. The zero-order valence-corrected chi connectivity index (χ0v) is 18.4. The topological polar surface area (TPSA) is 125 Å². The number of hydrogen-bond donors (Lipinski definition) is 2. The molecule has 12 heteroatoms. The molecule has 0 aliphatic carbocycles. The molecule has 12 nitrogen and oxygen atoms in total. The molecule has 3 aliphatic heterocycles. The fourth-order valence-corrected chi connectivity index (χ4v) is 4.62. The quantitative estimate of drug-likeness (QED) is 0.705. The Hall–Kier alpha value is -3.44. The summed E-state index contributed by atoms with van der Waals surface area (Å²) in [7, 11) is 0. The predicted molar refractivity (Wildman–Crippen MR) is 121 cm³/mol. The molecule has 2 atom stereocenters. The molecule has 1 fully saturated rings. The molecule has 1 saturated heterocycles. The third-order valence-electron chi connectivity index (χ3n) is 6.04. The van der Waals surface area contributed by atoms with E-state index in [-0.39, 0.29) is 23.9 Å². The van der Waals surface area contributed by atoms with Gasteiger partial charge in [-0.25, -0.2) is 19.6 Å². The lowest BCUT2D eigenvalue weighted by molar-refractivity contribution is 0.155. The van der Waals surface area contributed by atoms with Crippen molar-refractivity contribution in [1.29, 1.82) is 0 Å². The molecule has 0 radical (unpaired) electrons. The third kappa shape index (κ3) is 3.30. The SMILES string of the molecule is CCCN1C(=O)NC2=NCCn3cnc4c3c(nc(=O)n4CCC)NCCN3C=NC1C23. The fourth-order valence-electron chi connectivity index (χ4n) is 4.62. The molecule has 0 bridgehead atoms. The van der Waals surface area contributed by atoms with Crippen molar-refractivity contribution in [3.05, 3.63) is 16.8 Å². The van der Waals surface area contributed by atoms with Crippen molar-refractivity contribution >= 4 is 35.2 Å². The summed E-state index contributed by atoms with van der Waals surface area (Å²) in [5, 5.41) is 6.33. The van der Waals surface area contributed by atoms with Crippen molar-refractivity contribution in [3.8, 4) is 0 Å². The summed E-state index contributed by atoms with van der Waals surface area (Å²) in [6.07, 6.45) is 4.92. The molecule has 32 heavy (non-hydrogen) atoms. The first kappa shape index (κ1) is 20.5. The molecule has 2 unspecified atom stereocenters. The van der Waals surface area contributed by atoms with Gasteiger partial charge in [0.05, 0.1) is 19.2 Å². The number of rotatable bonds is 4. The van der Waals surface area contributed by atoms with Crippen LogP contribution in [0.4, 0.5) is 10.6 Å². The van der Waals surface area contributed by atoms with Gasteiger partial charge in [0.1, 0.15) is 17.4 Å². The summed E-state index contributed by atoms with van der Waals surface area (Å²) in [6.45, 7) is 7.44. The number of anilines is 1. The molecule has 2 N–H and O–H groups in total. The van der Waals surface area contributed by atoms with Crippen LogP contribution in [0.25, 0.3) is 11.2 Å². The second-order valence-corrected chi connectivity index (χ2v) is 8.18. The number of aromatic nitrogens is 4. The molecule has 3 aliphatic rings. The van der Waals surface area contributed by atoms with E-state index in [0.29, 0.717) is 56.6 Å². The van der Waals surface area contributed by atoms with Crippen LogP contribution in [-0.4, -0.2) is 85.5 Å². The standard InChI is InChI=1S/C20H28N10O2/c1-3-7-29-17-13-15(25-19(29)31)21-6-10-28-12-24-18-14(28)16(22-5-9-27(13)11-23-17)26-20(32)30(18)8-4-2/h11-13,17H,3-10H2,1-2H3,(H,21,25,31)(H,22,26,32). The first-order valence-electron chi connectivity index (χ1n) is 11.2. The minimum Gasteiger partial charge on any atom is -0.366 e. The van der Waals surface area contributed by atoms with Crippen LogP contribution in [0.2, 0.25) is 0 Å². The minimum absolute atomic E-state index is 0.145. The van der Waals surface area contributed by atoms with E-state index in [1.807, 2.05) is 18.4 Å². The predicted octanol–water partition coefficient (Wildman–Crippen LogP) is 0.301. The van der Waals surface area contributed by atoms with Gasteiger partial charge in [0.25, 0.3) is 0 Å².